The SMILES string of the molecule is CCNC(=O)CN(CC)Cc1cc(F)ccc1N. The van der Waals surface area contributed by atoms with Gasteiger partial charge >= 0.3 is 0 Å². The minimum absolute atomic E-state index is 0.0330. The van der Waals surface area contributed by atoms with Gasteiger partial charge in [0.2, 0.25) is 5.91 Å². The van der Waals surface area contributed by atoms with E-state index in [0.717, 1.165) is 0 Å². The van der Waals surface area contributed by atoms with Crippen molar-refractivity contribution < 1.29 is 9.18 Å². The number of nitrogens with two attached hydrogens (primary N) is 1. The van der Waals surface area contributed by atoms with Gasteiger partial charge in [-0.05, 0) is 37.2 Å². The first kappa shape index (κ1) is 14.4. The van der Waals surface area contributed by atoms with Crippen molar-refractivity contribution in [2.24, 2.45) is 0 Å². The summed E-state index contributed by atoms with van der Waals surface area (Å²) < 4.78 is 13.1. The van der Waals surface area contributed by atoms with Crippen molar-refractivity contribution in [3.63, 3.8) is 0 Å². The molecule has 1 aromatic rings. The second-order valence-corrected chi connectivity index (χ2v) is 4.10. The molecular weight excluding hydrogens is 233 g/mol. The molecule has 100 valence electrons. The van der Waals surface area contributed by atoms with Crippen molar-refractivity contribution in [3.8, 4) is 0 Å². The molecule has 4 nitrogen and oxygen atoms in total. The Morgan fingerprint density at radius 1 is 1.44 bits per heavy atom. The highest BCUT2D eigenvalue weighted by Gasteiger charge is 2.11. The lowest BCUT2D eigenvalue weighted by Gasteiger charge is -2.20. The zero-order valence-electron chi connectivity index (χ0n) is 10.9. The van der Waals surface area contributed by atoms with Gasteiger partial charge < -0.3 is 11.1 Å². The average molecular weight is 253 g/mol. The van der Waals surface area contributed by atoms with Crippen LogP contribution in [0.1, 0.15) is 19.4 Å². The number of carbonyl (C=O) groups excluding carboxylic acids is 1. The van der Waals surface area contributed by atoms with E-state index >= 15 is 0 Å². The molecule has 0 fully saturated rings. The molecule has 1 aromatic carbocycles. The second kappa shape index (κ2) is 6.96. The van der Waals surface area contributed by atoms with Gasteiger partial charge in [0.15, 0.2) is 0 Å². The quantitative estimate of drug-likeness (QED) is 0.753. The van der Waals surface area contributed by atoms with Crippen LogP contribution in [-0.4, -0.2) is 30.4 Å². The summed E-state index contributed by atoms with van der Waals surface area (Å²) >= 11 is 0. The second-order valence-electron chi connectivity index (χ2n) is 4.10. The molecule has 1 amide bonds. The predicted octanol–water partition coefficient (Wildman–Crippen LogP) is 1.37. The maximum absolute atomic E-state index is 13.1. The molecule has 0 aromatic heterocycles. The molecule has 1 rings (SSSR count). The smallest absolute Gasteiger partial charge is 0.234 e. The van der Waals surface area contributed by atoms with E-state index in [2.05, 4.69) is 5.32 Å². The molecule has 0 radical (unpaired) electrons. The van der Waals surface area contributed by atoms with Gasteiger partial charge in [0.05, 0.1) is 6.54 Å². The Morgan fingerprint density at radius 2 is 2.17 bits per heavy atom. The fourth-order valence-corrected chi connectivity index (χ4v) is 1.69. The molecule has 0 aliphatic carbocycles. The molecule has 5 heteroatoms. The van der Waals surface area contributed by atoms with Crippen LogP contribution < -0.4 is 11.1 Å². The summed E-state index contributed by atoms with van der Waals surface area (Å²) in [5.74, 6) is -0.345. The Labute approximate surface area is 107 Å². The third-order valence-electron chi connectivity index (χ3n) is 2.69. The van der Waals surface area contributed by atoms with Crippen molar-refractivity contribution in [2.75, 3.05) is 25.4 Å². The van der Waals surface area contributed by atoms with Crippen LogP contribution >= 0.6 is 0 Å². The van der Waals surface area contributed by atoms with E-state index in [1.807, 2.05) is 18.7 Å². The number of hydrogen-bond acceptors (Lipinski definition) is 3. The van der Waals surface area contributed by atoms with Crippen molar-refractivity contribution in [1.29, 1.82) is 0 Å². The first-order chi connectivity index (χ1) is 8.56. The van der Waals surface area contributed by atoms with Crippen molar-refractivity contribution >= 4 is 11.6 Å². The van der Waals surface area contributed by atoms with Gasteiger partial charge in [-0.25, -0.2) is 4.39 Å². The molecule has 0 unspecified atom stereocenters. The molecule has 0 spiro atoms. The highest BCUT2D eigenvalue weighted by atomic mass is 19.1. The van der Waals surface area contributed by atoms with Crippen LogP contribution in [0.4, 0.5) is 10.1 Å². The third-order valence-corrected chi connectivity index (χ3v) is 2.69. The molecule has 0 saturated carbocycles. The Balaban J connectivity index is 2.67. The lowest BCUT2D eigenvalue weighted by atomic mass is 10.1. The summed E-state index contributed by atoms with van der Waals surface area (Å²) in [6.07, 6.45) is 0. The number of rotatable bonds is 6. The molecule has 18 heavy (non-hydrogen) atoms. The molecule has 0 saturated heterocycles. The van der Waals surface area contributed by atoms with Gasteiger partial charge in [0.1, 0.15) is 5.82 Å². The standard InChI is InChI=1S/C13H20FN3O/c1-3-16-13(18)9-17(4-2)8-10-7-11(14)5-6-12(10)15/h5-7H,3-4,8-9,15H2,1-2H3,(H,16,18). The van der Waals surface area contributed by atoms with Gasteiger partial charge in [-0.15, -0.1) is 0 Å². The van der Waals surface area contributed by atoms with E-state index < -0.39 is 0 Å². The molecule has 0 heterocycles. The maximum atomic E-state index is 13.1. The number of likely N-dealkylation sites (N-methyl/N-ethyl adjacent to an activating group) is 2. The van der Waals surface area contributed by atoms with E-state index in [1.54, 1.807) is 6.07 Å². The van der Waals surface area contributed by atoms with Crippen molar-refractivity contribution in [2.45, 2.75) is 20.4 Å². The minimum Gasteiger partial charge on any atom is -0.398 e. The topological polar surface area (TPSA) is 58.4 Å². The fourth-order valence-electron chi connectivity index (χ4n) is 1.69. The number of benzene rings is 1. The van der Waals surface area contributed by atoms with E-state index in [0.29, 0.717) is 37.4 Å². The molecule has 0 aliphatic rings. The Bertz CT molecular complexity index is 409. The van der Waals surface area contributed by atoms with E-state index in [-0.39, 0.29) is 11.7 Å². The number of anilines is 1. The number of halogens is 1. The molecule has 0 aliphatic heterocycles. The van der Waals surface area contributed by atoms with Crippen molar-refractivity contribution in [3.05, 3.63) is 29.6 Å². The average Bonchev–Trinajstić information content (AvgIpc) is 2.33. The van der Waals surface area contributed by atoms with Gasteiger partial charge in [-0.2, -0.15) is 0 Å². The number of amides is 1. The van der Waals surface area contributed by atoms with Gasteiger partial charge in [0.25, 0.3) is 0 Å². The summed E-state index contributed by atoms with van der Waals surface area (Å²) in [5, 5.41) is 2.74. The highest BCUT2D eigenvalue weighted by molar-refractivity contribution is 5.77. The Hall–Kier alpha value is -1.62. The largest absolute Gasteiger partial charge is 0.398 e. The van der Waals surface area contributed by atoms with Crippen LogP contribution in [0.2, 0.25) is 0 Å². The summed E-state index contributed by atoms with van der Waals surface area (Å²) in [4.78, 5) is 13.4. The van der Waals surface area contributed by atoms with Crippen LogP contribution in [0.15, 0.2) is 18.2 Å². The number of nitrogens with zero attached hydrogens (tertiary/aromatic N) is 1. The summed E-state index contributed by atoms with van der Waals surface area (Å²) in [6, 6.07) is 4.29. The number of nitrogens with one attached hydrogen (secondary N) is 1. The molecule has 0 atom stereocenters. The zero-order chi connectivity index (χ0) is 13.5. The summed E-state index contributed by atoms with van der Waals surface area (Å²) in [7, 11) is 0. The van der Waals surface area contributed by atoms with Gasteiger partial charge in [0, 0.05) is 18.8 Å². The van der Waals surface area contributed by atoms with Crippen LogP contribution in [-0.2, 0) is 11.3 Å². The van der Waals surface area contributed by atoms with Crippen LogP contribution in [0.25, 0.3) is 0 Å². The monoisotopic (exact) mass is 253 g/mol. The summed E-state index contributed by atoms with van der Waals surface area (Å²) in [5.41, 5.74) is 7.04. The van der Waals surface area contributed by atoms with E-state index in [1.165, 1.54) is 12.1 Å². The molecule has 0 bridgehead atoms. The normalized spacial score (nSPS) is 10.7. The Morgan fingerprint density at radius 3 is 2.78 bits per heavy atom. The van der Waals surface area contributed by atoms with Crippen LogP contribution in [0.3, 0.4) is 0 Å². The minimum atomic E-state index is -0.312. The first-order valence-corrected chi connectivity index (χ1v) is 6.09. The van der Waals surface area contributed by atoms with Gasteiger partial charge in [-0.3, -0.25) is 9.69 Å². The summed E-state index contributed by atoms with van der Waals surface area (Å²) in [6.45, 7) is 5.90. The first-order valence-electron chi connectivity index (χ1n) is 6.09. The number of carbonyl (C=O) groups is 1. The molecular formula is C13H20FN3O. The maximum Gasteiger partial charge on any atom is 0.234 e. The predicted molar refractivity (Wildman–Crippen MR) is 70.4 cm³/mol. The lowest BCUT2D eigenvalue weighted by Crippen LogP contribution is -2.36. The molecule has 3 N–H and O–H groups in total. The highest BCUT2D eigenvalue weighted by Crippen LogP contribution is 2.15. The number of nitrogen functional groups attached to an aromatic ring is 1. The van der Waals surface area contributed by atoms with E-state index in [9.17, 15) is 9.18 Å². The van der Waals surface area contributed by atoms with Crippen LogP contribution in [0, 0.1) is 5.82 Å². The zero-order valence-corrected chi connectivity index (χ0v) is 10.9. The Kier molecular flexibility index (Phi) is 5.58. The number of hydrogen-bond donors (Lipinski definition) is 2. The van der Waals surface area contributed by atoms with Crippen molar-refractivity contribution in [1.82, 2.24) is 10.2 Å². The van der Waals surface area contributed by atoms with E-state index in [4.69, 9.17) is 5.73 Å². The fraction of sp³-hybridized carbons (Fsp3) is 0.462. The van der Waals surface area contributed by atoms with Gasteiger partial charge in [-0.1, -0.05) is 6.92 Å². The lowest BCUT2D eigenvalue weighted by molar-refractivity contribution is -0.122. The van der Waals surface area contributed by atoms with Crippen LogP contribution in [0.5, 0.6) is 0 Å². The third kappa shape index (κ3) is 4.33.